The lowest BCUT2D eigenvalue weighted by molar-refractivity contribution is 0.0526. The van der Waals surface area contributed by atoms with E-state index in [9.17, 15) is 9.18 Å². The summed E-state index contributed by atoms with van der Waals surface area (Å²) in [6.07, 6.45) is 2.78. The van der Waals surface area contributed by atoms with Crippen molar-refractivity contribution in [2.45, 2.75) is 32.1 Å². The Kier molecular flexibility index (Phi) is 4.78. The summed E-state index contributed by atoms with van der Waals surface area (Å²) in [6, 6.07) is 16.6. The number of benzene rings is 3. The summed E-state index contributed by atoms with van der Waals surface area (Å²) in [7, 11) is 0. The Morgan fingerprint density at radius 1 is 1.10 bits per heavy atom. The molecular weight excluding hydrogens is 379 g/mol. The van der Waals surface area contributed by atoms with E-state index in [4.69, 9.17) is 9.47 Å². The number of rotatable bonds is 4. The van der Waals surface area contributed by atoms with Crippen LogP contribution < -0.4 is 4.74 Å². The van der Waals surface area contributed by atoms with Crippen molar-refractivity contribution in [2.75, 3.05) is 13.2 Å². The zero-order valence-electron chi connectivity index (χ0n) is 16.9. The molecular formula is C26H23FO3. The van der Waals surface area contributed by atoms with Crippen LogP contribution in [0.5, 0.6) is 5.75 Å². The Morgan fingerprint density at radius 2 is 1.87 bits per heavy atom. The van der Waals surface area contributed by atoms with Gasteiger partial charge in [-0.05, 0) is 72.2 Å². The van der Waals surface area contributed by atoms with E-state index in [0.717, 1.165) is 52.0 Å². The van der Waals surface area contributed by atoms with Crippen LogP contribution in [0.4, 0.5) is 4.39 Å². The van der Waals surface area contributed by atoms with Gasteiger partial charge in [0.1, 0.15) is 11.6 Å². The second-order valence-corrected chi connectivity index (χ2v) is 7.84. The van der Waals surface area contributed by atoms with Crippen molar-refractivity contribution in [1.82, 2.24) is 0 Å². The number of esters is 1. The van der Waals surface area contributed by atoms with Gasteiger partial charge in [0.15, 0.2) is 0 Å². The second kappa shape index (κ2) is 7.60. The molecule has 3 aromatic carbocycles. The van der Waals surface area contributed by atoms with Gasteiger partial charge in [-0.2, -0.15) is 0 Å². The van der Waals surface area contributed by atoms with Gasteiger partial charge in [-0.3, -0.25) is 0 Å². The Balaban J connectivity index is 1.85. The number of ether oxygens (including phenoxy) is 2. The molecule has 1 fully saturated rings. The molecule has 30 heavy (non-hydrogen) atoms. The average Bonchev–Trinajstić information content (AvgIpc) is 3.60. The molecule has 1 aliphatic carbocycles. The molecule has 0 bridgehead atoms. The number of para-hydroxylation sites is 1. The molecule has 0 amide bonds. The minimum Gasteiger partial charge on any atom is -0.493 e. The summed E-state index contributed by atoms with van der Waals surface area (Å²) in [4.78, 5) is 13.1. The fourth-order valence-electron chi connectivity index (χ4n) is 4.40. The van der Waals surface area contributed by atoms with E-state index in [1.54, 1.807) is 12.1 Å². The lowest BCUT2D eigenvalue weighted by Gasteiger charge is -2.21. The number of halogens is 1. The van der Waals surface area contributed by atoms with Crippen LogP contribution in [-0.2, 0) is 11.2 Å². The van der Waals surface area contributed by atoms with Gasteiger partial charge in [0.05, 0.1) is 18.8 Å². The van der Waals surface area contributed by atoms with Crippen LogP contribution in [0.15, 0.2) is 54.6 Å². The number of hydrogen-bond donors (Lipinski definition) is 0. The Bertz CT molecular complexity index is 1110. The first-order valence-electron chi connectivity index (χ1n) is 10.5. The first kappa shape index (κ1) is 18.9. The zero-order chi connectivity index (χ0) is 20.7. The van der Waals surface area contributed by atoms with Crippen molar-refractivity contribution < 1.29 is 18.7 Å². The van der Waals surface area contributed by atoms with Gasteiger partial charge in [0, 0.05) is 17.5 Å². The van der Waals surface area contributed by atoms with Crippen LogP contribution in [0.2, 0.25) is 0 Å². The molecule has 0 aromatic heterocycles. The molecule has 0 atom stereocenters. The Labute approximate surface area is 175 Å². The Morgan fingerprint density at radius 3 is 2.60 bits per heavy atom. The van der Waals surface area contributed by atoms with Crippen molar-refractivity contribution in [3.8, 4) is 28.0 Å². The van der Waals surface area contributed by atoms with Crippen molar-refractivity contribution >= 4 is 5.97 Å². The monoisotopic (exact) mass is 402 g/mol. The standard InChI is InChI=1S/C26H23FO3/c1-2-29-26(28)25-21(16-7-8-16)15-22-19-5-3-4-6-23(19)30-14-13-20(22)24(25)17-9-11-18(27)12-10-17/h3-6,9-12,15-16H,2,7-8,13-14H2,1H3. The summed E-state index contributed by atoms with van der Waals surface area (Å²) in [6.45, 7) is 2.65. The van der Waals surface area contributed by atoms with Gasteiger partial charge in [-0.1, -0.05) is 30.3 Å². The van der Waals surface area contributed by atoms with Crippen LogP contribution in [0, 0.1) is 5.82 Å². The van der Waals surface area contributed by atoms with Gasteiger partial charge in [-0.25, -0.2) is 9.18 Å². The predicted molar refractivity (Wildman–Crippen MR) is 114 cm³/mol. The summed E-state index contributed by atoms with van der Waals surface area (Å²) >= 11 is 0. The second-order valence-electron chi connectivity index (χ2n) is 7.84. The predicted octanol–water partition coefficient (Wildman–Crippen LogP) is 6.15. The van der Waals surface area contributed by atoms with Gasteiger partial charge < -0.3 is 9.47 Å². The molecule has 1 heterocycles. The van der Waals surface area contributed by atoms with E-state index in [1.165, 1.54) is 12.1 Å². The Hall–Kier alpha value is -3.14. The number of hydrogen-bond acceptors (Lipinski definition) is 3. The maximum absolute atomic E-state index is 13.7. The van der Waals surface area contributed by atoms with E-state index >= 15 is 0 Å². The quantitative estimate of drug-likeness (QED) is 0.491. The molecule has 5 rings (SSSR count). The number of carbonyl (C=O) groups is 1. The van der Waals surface area contributed by atoms with Crippen LogP contribution in [0.25, 0.3) is 22.3 Å². The van der Waals surface area contributed by atoms with E-state index in [1.807, 2.05) is 25.1 Å². The molecule has 4 heteroatoms. The van der Waals surface area contributed by atoms with Crippen molar-refractivity contribution in [3.05, 3.63) is 77.1 Å². The molecule has 0 unspecified atom stereocenters. The molecule has 0 radical (unpaired) electrons. The molecule has 0 spiro atoms. The van der Waals surface area contributed by atoms with Crippen molar-refractivity contribution in [1.29, 1.82) is 0 Å². The zero-order valence-corrected chi connectivity index (χ0v) is 16.9. The first-order valence-corrected chi connectivity index (χ1v) is 10.5. The summed E-state index contributed by atoms with van der Waals surface area (Å²) < 4.78 is 25.2. The summed E-state index contributed by atoms with van der Waals surface area (Å²) in [5.74, 6) is 0.603. The lowest BCUT2D eigenvalue weighted by Crippen LogP contribution is -2.13. The number of fused-ring (bicyclic) bond motifs is 3. The molecule has 3 nitrogen and oxygen atoms in total. The van der Waals surface area contributed by atoms with Gasteiger partial charge in [-0.15, -0.1) is 0 Å². The molecule has 1 aliphatic heterocycles. The third-order valence-electron chi connectivity index (χ3n) is 5.88. The van der Waals surface area contributed by atoms with E-state index in [-0.39, 0.29) is 11.8 Å². The highest BCUT2D eigenvalue weighted by atomic mass is 19.1. The topological polar surface area (TPSA) is 35.5 Å². The van der Waals surface area contributed by atoms with E-state index in [2.05, 4.69) is 12.1 Å². The third-order valence-corrected chi connectivity index (χ3v) is 5.88. The van der Waals surface area contributed by atoms with E-state index in [0.29, 0.717) is 31.1 Å². The minimum atomic E-state index is -0.306. The fourth-order valence-corrected chi connectivity index (χ4v) is 4.40. The molecule has 2 aliphatic rings. The molecule has 0 saturated heterocycles. The normalized spacial score (nSPS) is 14.9. The average molecular weight is 402 g/mol. The highest BCUT2D eigenvalue weighted by Gasteiger charge is 2.34. The van der Waals surface area contributed by atoms with Crippen LogP contribution >= 0.6 is 0 Å². The highest BCUT2D eigenvalue weighted by Crippen LogP contribution is 2.49. The van der Waals surface area contributed by atoms with Crippen LogP contribution in [-0.4, -0.2) is 19.2 Å². The lowest BCUT2D eigenvalue weighted by atomic mass is 9.83. The maximum Gasteiger partial charge on any atom is 0.339 e. The summed E-state index contributed by atoms with van der Waals surface area (Å²) in [5.41, 5.74) is 6.53. The largest absolute Gasteiger partial charge is 0.493 e. The summed E-state index contributed by atoms with van der Waals surface area (Å²) in [5, 5.41) is 0. The molecule has 152 valence electrons. The molecule has 0 N–H and O–H groups in total. The highest BCUT2D eigenvalue weighted by molar-refractivity contribution is 6.02. The van der Waals surface area contributed by atoms with Gasteiger partial charge in [0.25, 0.3) is 0 Å². The molecule has 3 aromatic rings. The van der Waals surface area contributed by atoms with Gasteiger partial charge in [0.2, 0.25) is 0 Å². The van der Waals surface area contributed by atoms with E-state index < -0.39 is 0 Å². The van der Waals surface area contributed by atoms with Gasteiger partial charge >= 0.3 is 5.97 Å². The first-order chi connectivity index (χ1) is 14.7. The third kappa shape index (κ3) is 3.26. The SMILES string of the molecule is CCOC(=O)c1c(C2CC2)cc2c(c1-c1ccc(F)cc1)CCOc1ccccc1-2. The number of carbonyl (C=O) groups excluding carboxylic acids is 1. The minimum absolute atomic E-state index is 0.297. The van der Waals surface area contributed by atoms with Crippen molar-refractivity contribution in [2.24, 2.45) is 0 Å². The smallest absolute Gasteiger partial charge is 0.339 e. The fraction of sp³-hybridized carbons (Fsp3) is 0.269. The molecule has 1 saturated carbocycles. The van der Waals surface area contributed by atoms with Crippen molar-refractivity contribution in [3.63, 3.8) is 0 Å². The maximum atomic E-state index is 13.7. The van der Waals surface area contributed by atoms with Crippen LogP contribution in [0.3, 0.4) is 0 Å². The van der Waals surface area contributed by atoms with Crippen LogP contribution in [0.1, 0.15) is 47.2 Å².